The molecule has 3 aliphatic rings. The molecule has 1 aliphatic heterocycles. The van der Waals surface area contributed by atoms with Crippen molar-refractivity contribution in [3.05, 3.63) is 99.6 Å². The lowest BCUT2D eigenvalue weighted by Crippen LogP contribution is -2.49. The predicted molar refractivity (Wildman–Crippen MR) is 152 cm³/mol. The van der Waals surface area contributed by atoms with Crippen molar-refractivity contribution >= 4 is 28.7 Å². The average Bonchev–Trinajstić information content (AvgIpc) is 3.78. The van der Waals surface area contributed by atoms with Gasteiger partial charge in [-0.15, -0.1) is 0 Å². The largest absolute Gasteiger partial charge is 0.477 e. The number of carboxylic acids is 1. The number of carboxylic acid groups (broad SMARTS) is 1. The summed E-state index contributed by atoms with van der Waals surface area (Å²) in [5, 5.41) is 9.54. The predicted octanol–water partition coefficient (Wildman–Crippen LogP) is 5.24. The molecule has 0 atom stereocenters. The van der Waals surface area contributed by atoms with E-state index < -0.39 is 23.3 Å². The van der Waals surface area contributed by atoms with E-state index in [4.69, 9.17) is 4.74 Å². The summed E-state index contributed by atoms with van der Waals surface area (Å²) in [4.78, 5) is 40.9. The van der Waals surface area contributed by atoms with Crippen LogP contribution in [0.15, 0.2) is 71.7 Å². The Morgan fingerprint density at radius 2 is 1.56 bits per heavy atom. The Bertz CT molecular complexity index is 1730. The van der Waals surface area contributed by atoms with Gasteiger partial charge in [0.05, 0.1) is 11.2 Å². The number of halogens is 1. The highest BCUT2D eigenvalue weighted by Gasteiger charge is 2.32. The number of nitrogens with zero attached hydrogens (tertiary/aromatic N) is 3. The van der Waals surface area contributed by atoms with E-state index in [0.717, 1.165) is 30.0 Å². The number of pyridine rings is 1. The van der Waals surface area contributed by atoms with Crippen molar-refractivity contribution in [1.82, 2.24) is 9.47 Å². The molecule has 2 heterocycles. The number of amides is 1. The summed E-state index contributed by atoms with van der Waals surface area (Å²) >= 11 is 0. The van der Waals surface area contributed by atoms with E-state index in [-0.39, 0.29) is 29.5 Å². The quantitative estimate of drug-likeness (QED) is 0.363. The third-order valence-electron chi connectivity index (χ3n) is 8.49. The standard InChI is InChI=1S/C32H28FN3O5/c33-27-15-24-28(36(19-9-10-19)17-25(30(24)37)31(38)39)16-29(27)34-11-13-35(14-12-34)32(40)41-18-26-22-7-3-1-5-20(22)21-6-2-4-8-23(21)26/h1-8,15-17,19,26H,9-14,18H2,(H,38,39). The summed E-state index contributed by atoms with van der Waals surface area (Å²) in [6, 6.07) is 19.3. The van der Waals surface area contributed by atoms with Gasteiger partial charge < -0.3 is 24.2 Å². The zero-order valence-electron chi connectivity index (χ0n) is 22.3. The Balaban J connectivity index is 1.06. The Labute approximate surface area is 235 Å². The molecule has 0 radical (unpaired) electrons. The lowest BCUT2D eigenvalue weighted by atomic mass is 9.98. The number of hydrogen-bond acceptors (Lipinski definition) is 5. The molecule has 8 nitrogen and oxygen atoms in total. The SMILES string of the molecule is O=C(O)c1cn(C2CC2)c2cc(N3CCN(C(=O)OCC4c5ccccc5-c5ccccc54)CC3)c(F)cc2c1=O. The fraction of sp³-hybridized carbons (Fsp3) is 0.281. The molecule has 3 aromatic carbocycles. The first kappa shape index (κ1) is 25.3. The van der Waals surface area contributed by atoms with Crippen LogP contribution in [-0.2, 0) is 4.74 Å². The highest BCUT2D eigenvalue weighted by molar-refractivity contribution is 5.93. The maximum absolute atomic E-state index is 15.3. The molecule has 2 aliphatic carbocycles. The fourth-order valence-corrected chi connectivity index (χ4v) is 6.22. The second-order valence-corrected chi connectivity index (χ2v) is 10.9. The van der Waals surface area contributed by atoms with E-state index in [1.54, 1.807) is 15.5 Å². The molecule has 7 rings (SSSR count). The number of hydrogen-bond donors (Lipinski definition) is 1. The summed E-state index contributed by atoms with van der Waals surface area (Å²) in [5.41, 5.74) is 4.46. The van der Waals surface area contributed by atoms with E-state index in [2.05, 4.69) is 24.3 Å². The molecule has 208 valence electrons. The first-order chi connectivity index (χ1) is 19.9. The second kappa shape index (κ2) is 9.76. The minimum atomic E-state index is -1.32. The molecule has 0 spiro atoms. The van der Waals surface area contributed by atoms with Gasteiger partial charge in [-0.1, -0.05) is 48.5 Å². The van der Waals surface area contributed by atoms with Crippen molar-refractivity contribution in [2.45, 2.75) is 24.8 Å². The van der Waals surface area contributed by atoms with Crippen LogP contribution in [0, 0.1) is 5.82 Å². The van der Waals surface area contributed by atoms with Gasteiger partial charge in [0, 0.05) is 49.7 Å². The van der Waals surface area contributed by atoms with Crippen molar-refractivity contribution in [3.63, 3.8) is 0 Å². The highest BCUT2D eigenvalue weighted by atomic mass is 19.1. The number of anilines is 1. The van der Waals surface area contributed by atoms with E-state index in [9.17, 15) is 19.5 Å². The number of fused-ring (bicyclic) bond motifs is 4. The van der Waals surface area contributed by atoms with Gasteiger partial charge in [0.15, 0.2) is 0 Å². The van der Waals surface area contributed by atoms with Crippen molar-refractivity contribution in [3.8, 4) is 11.1 Å². The maximum atomic E-state index is 15.3. The van der Waals surface area contributed by atoms with Gasteiger partial charge >= 0.3 is 12.1 Å². The first-order valence-electron chi connectivity index (χ1n) is 13.9. The zero-order chi connectivity index (χ0) is 28.2. The number of carbonyl (C=O) groups is 2. The Morgan fingerprint density at radius 1 is 0.927 bits per heavy atom. The molecule has 0 unspecified atom stereocenters. The van der Waals surface area contributed by atoms with Gasteiger partial charge in [-0.2, -0.15) is 0 Å². The topological polar surface area (TPSA) is 92.1 Å². The van der Waals surface area contributed by atoms with Gasteiger partial charge in [0.25, 0.3) is 0 Å². The summed E-state index contributed by atoms with van der Waals surface area (Å²) in [7, 11) is 0. The average molecular weight is 554 g/mol. The maximum Gasteiger partial charge on any atom is 0.409 e. The Hall–Kier alpha value is -4.66. The Morgan fingerprint density at radius 3 is 2.17 bits per heavy atom. The molecule has 41 heavy (non-hydrogen) atoms. The molecule has 4 aromatic rings. The van der Waals surface area contributed by atoms with Gasteiger partial charge in [0.1, 0.15) is 18.0 Å². The van der Waals surface area contributed by atoms with E-state index in [1.807, 2.05) is 29.2 Å². The van der Waals surface area contributed by atoms with Crippen molar-refractivity contribution < 1.29 is 23.8 Å². The monoisotopic (exact) mass is 553 g/mol. The van der Waals surface area contributed by atoms with Crippen LogP contribution in [-0.4, -0.2) is 59.4 Å². The van der Waals surface area contributed by atoms with Crippen LogP contribution in [0.4, 0.5) is 14.9 Å². The zero-order valence-corrected chi connectivity index (χ0v) is 22.3. The number of piperazine rings is 1. The highest BCUT2D eigenvalue weighted by Crippen LogP contribution is 2.44. The molecule has 1 amide bonds. The number of aromatic carboxylic acids is 1. The lowest BCUT2D eigenvalue weighted by Gasteiger charge is -2.36. The molecule has 0 bridgehead atoms. The number of benzene rings is 3. The van der Waals surface area contributed by atoms with E-state index >= 15 is 4.39 Å². The minimum absolute atomic E-state index is 0.0231. The van der Waals surface area contributed by atoms with Gasteiger partial charge in [0.2, 0.25) is 5.43 Å². The first-order valence-corrected chi connectivity index (χ1v) is 13.9. The summed E-state index contributed by atoms with van der Waals surface area (Å²) in [6.07, 6.45) is 2.74. The molecule has 9 heteroatoms. The molecular formula is C32H28FN3O5. The van der Waals surface area contributed by atoms with Crippen LogP contribution >= 0.6 is 0 Å². The third kappa shape index (κ3) is 4.32. The van der Waals surface area contributed by atoms with Crippen LogP contribution in [0.2, 0.25) is 0 Å². The molecule has 1 saturated heterocycles. The smallest absolute Gasteiger partial charge is 0.409 e. The molecule has 1 aromatic heterocycles. The number of carbonyl (C=O) groups excluding carboxylic acids is 1. The Kier molecular flexibility index (Phi) is 6.03. The summed E-state index contributed by atoms with van der Waals surface area (Å²) in [5.74, 6) is -1.93. The van der Waals surface area contributed by atoms with Crippen molar-refractivity contribution in [2.75, 3.05) is 37.7 Å². The molecule has 2 fully saturated rings. The van der Waals surface area contributed by atoms with Crippen LogP contribution < -0.4 is 10.3 Å². The minimum Gasteiger partial charge on any atom is -0.477 e. The van der Waals surface area contributed by atoms with Crippen LogP contribution in [0.25, 0.3) is 22.0 Å². The number of aromatic nitrogens is 1. The summed E-state index contributed by atoms with van der Waals surface area (Å²) in [6.45, 7) is 1.76. The van der Waals surface area contributed by atoms with Gasteiger partial charge in [-0.25, -0.2) is 14.0 Å². The number of ether oxygens (including phenoxy) is 1. The normalized spacial score (nSPS) is 16.5. The van der Waals surface area contributed by atoms with E-state index in [1.165, 1.54) is 17.3 Å². The van der Waals surface area contributed by atoms with Crippen molar-refractivity contribution in [2.24, 2.45) is 0 Å². The third-order valence-corrected chi connectivity index (χ3v) is 8.49. The van der Waals surface area contributed by atoms with Gasteiger partial charge in [-0.05, 0) is 47.2 Å². The lowest BCUT2D eigenvalue weighted by molar-refractivity contribution is 0.0694. The van der Waals surface area contributed by atoms with Crippen molar-refractivity contribution in [1.29, 1.82) is 0 Å². The van der Waals surface area contributed by atoms with Crippen LogP contribution in [0.1, 0.15) is 46.3 Å². The van der Waals surface area contributed by atoms with Crippen LogP contribution in [0.3, 0.4) is 0 Å². The summed E-state index contributed by atoms with van der Waals surface area (Å²) < 4.78 is 22.9. The second-order valence-electron chi connectivity index (χ2n) is 10.9. The molecule has 1 saturated carbocycles. The van der Waals surface area contributed by atoms with Crippen LogP contribution in [0.5, 0.6) is 0 Å². The van der Waals surface area contributed by atoms with Gasteiger partial charge in [-0.3, -0.25) is 4.79 Å². The molecule has 1 N–H and O–H groups in total. The van der Waals surface area contributed by atoms with E-state index in [0.29, 0.717) is 37.4 Å². The fourth-order valence-electron chi connectivity index (χ4n) is 6.22. The number of rotatable bonds is 5. The molecular weight excluding hydrogens is 525 g/mol.